The molecule has 1 atom stereocenters. The van der Waals surface area contributed by atoms with Crippen molar-refractivity contribution in [1.29, 1.82) is 0 Å². The summed E-state index contributed by atoms with van der Waals surface area (Å²) in [6.07, 6.45) is 3.22. The van der Waals surface area contributed by atoms with Crippen molar-refractivity contribution in [3.63, 3.8) is 0 Å². The number of aromatic nitrogens is 2. The van der Waals surface area contributed by atoms with E-state index in [1.807, 2.05) is 35.9 Å². The van der Waals surface area contributed by atoms with Crippen LogP contribution >= 0.6 is 11.3 Å². The number of carbonyl (C=O) groups is 1. The molecule has 2 heterocycles. The van der Waals surface area contributed by atoms with Gasteiger partial charge in [0.25, 0.3) is 0 Å². The van der Waals surface area contributed by atoms with Gasteiger partial charge in [0.2, 0.25) is 5.91 Å². The Hall–Kier alpha value is -2.73. The van der Waals surface area contributed by atoms with E-state index in [0.717, 1.165) is 5.56 Å². The third kappa shape index (κ3) is 3.92. The molecule has 3 rings (SSSR count). The number of benzene rings is 1. The van der Waals surface area contributed by atoms with E-state index in [4.69, 9.17) is 4.74 Å². The number of rotatable bonds is 5. The van der Waals surface area contributed by atoms with Crippen molar-refractivity contribution in [2.24, 2.45) is 0 Å². The first-order chi connectivity index (χ1) is 11.2. The Labute approximate surface area is 138 Å². The van der Waals surface area contributed by atoms with Gasteiger partial charge in [-0.05, 0) is 47.5 Å². The molecule has 0 spiro atoms. The molecule has 0 bridgehead atoms. The van der Waals surface area contributed by atoms with Crippen LogP contribution in [0.15, 0.2) is 59.6 Å². The third-order valence-electron chi connectivity index (χ3n) is 3.29. The molecular formula is C17H15N3O2S. The molecule has 0 saturated carbocycles. The number of nitrogens with one attached hydrogen (secondary N) is 1. The Kier molecular flexibility index (Phi) is 4.63. The number of nitrogens with zero attached hydrogens (tertiary/aromatic N) is 2. The summed E-state index contributed by atoms with van der Waals surface area (Å²) in [4.78, 5) is 20.3. The fourth-order valence-corrected chi connectivity index (χ4v) is 2.76. The third-order valence-corrected chi connectivity index (χ3v) is 3.99. The van der Waals surface area contributed by atoms with Crippen LogP contribution < -0.4 is 10.1 Å². The minimum Gasteiger partial charge on any atom is -0.424 e. The topological polar surface area (TPSA) is 64.1 Å². The number of hydrogen-bond acceptors (Lipinski definition) is 5. The van der Waals surface area contributed by atoms with Gasteiger partial charge in [-0.15, -0.1) is 0 Å². The molecule has 0 radical (unpaired) electrons. The van der Waals surface area contributed by atoms with Gasteiger partial charge in [0.05, 0.1) is 5.92 Å². The largest absolute Gasteiger partial charge is 0.424 e. The Balaban J connectivity index is 1.69. The summed E-state index contributed by atoms with van der Waals surface area (Å²) in [5, 5.41) is 6.85. The van der Waals surface area contributed by atoms with Crippen LogP contribution in [0.3, 0.4) is 0 Å². The maximum absolute atomic E-state index is 12.3. The van der Waals surface area contributed by atoms with Gasteiger partial charge in [-0.25, -0.2) is 9.97 Å². The average Bonchev–Trinajstić information content (AvgIpc) is 3.10. The van der Waals surface area contributed by atoms with Crippen LogP contribution in [-0.2, 0) is 4.79 Å². The lowest BCUT2D eigenvalue weighted by atomic mass is 10.0. The van der Waals surface area contributed by atoms with Crippen LogP contribution in [-0.4, -0.2) is 15.9 Å². The standard InChI is InChI=1S/C17H15N3O2S/c1-12(13-6-9-23-11-13)16(21)20-14-4-2-5-15(10-14)22-17-18-7-3-8-19-17/h2-12H,1H3,(H,20,21)/t12-/m0/s1. The SMILES string of the molecule is C[C@H](C(=O)Nc1cccc(Oc2ncccn2)c1)c1ccsc1. The van der Waals surface area contributed by atoms with Crippen molar-refractivity contribution < 1.29 is 9.53 Å². The summed E-state index contributed by atoms with van der Waals surface area (Å²) in [6.45, 7) is 1.88. The predicted octanol–water partition coefficient (Wildman–Crippen LogP) is 4.07. The van der Waals surface area contributed by atoms with Gasteiger partial charge in [0.15, 0.2) is 0 Å². The van der Waals surface area contributed by atoms with E-state index in [9.17, 15) is 4.79 Å². The van der Waals surface area contributed by atoms with Gasteiger partial charge in [-0.2, -0.15) is 11.3 Å². The van der Waals surface area contributed by atoms with Crippen LogP contribution in [0, 0.1) is 0 Å². The lowest BCUT2D eigenvalue weighted by molar-refractivity contribution is -0.117. The average molecular weight is 325 g/mol. The quantitative estimate of drug-likeness (QED) is 0.768. The van der Waals surface area contributed by atoms with Crippen molar-refractivity contribution in [1.82, 2.24) is 9.97 Å². The van der Waals surface area contributed by atoms with Crippen LogP contribution in [0.25, 0.3) is 0 Å². The lowest BCUT2D eigenvalue weighted by Gasteiger charge is -2.12. The summed E-state index contributed by atoms with van der Waals surface area (Å²) < 4.78 is 5.56. The van der Waals surface area contributed by atoms with Gasteiger partial charge in [0, 0.05) is 24.1 Å². The summed E-state index contributed by atoms with van der Waals surface area (Å²) in [5.74, 6) is 0.303. The van der Waals surface area contributed by atoms with E-state index in [2.05, 4.69) is 15.3 Å². The van der Waals surface area contributed by atoms with Gasteiger partial charge in [-0.3, -0.25) is 4.79 Å². The highest BCUT2D eigenvalue weighted by Gasteiger charge is 2.15. The number of ether oxygens (including phenoxy) is 1. The molecule has 0 unspecified atom stereocenters. The van der Waals surface area contributed by atoms with E-state index in [0.29, 0.717) is 11.4 Å². The fourth-order valence-electron chi connectivity index (χ4n) is 2.00. The number of anilines is 1. The van der Waals surface area contributed by atoms with Gasteiger partial charge in [0.1, 0.15) is 5.75 Å². The van der Waals surface area contributed by atoms with Crippen molar-refractivity contribution in [2.75, 3.05) is 5.32 Å². The molecule has 5 nitrogen and oxygen atoms in total. The molecule has 0 aliphatic heterocycles. The Morgan fingerprint density at radius 1 is 1.22 bits per heavy atom. The monoisotopic (exact) mass is 325 g/mol. The Bertz CT molecular complexity index is 776. The predicted molar refractivity (Wildman–Crippen MR) is 89.9 cm³/mol. The molecule has 116 valence electrons. The van der Waals surface area contributed by atoms with E-state index >= 15 is 0 Å². The van der Waals surface area contributed by atoms with Gasteiger partial charge in [-0.1, -0.05) is 6.07 Å². The number of amides is 1. The molecule has 3 aromatic rings. The van der Waals surface area contributed by atoms with Gasteiger partial charge < -0.3 is 10.1 Å². The summed E-state index contributed by atoms with van der Waals surface area (Å²) in [6, 6.07) is 11.1. The van der Waals surface area contributed by atoms with Gasteiger partial charge >= 0.3 is 6.01 Å². The summed E-state index contributed by atoms with van der Waals surface area (Å²) in [5.41, 5.74) is 1.68. The summed E-state index contributed by atoms with van der Waals surface area (Å²) >= 11 is 1.58. The molecule has 23 heavy (non-hydrogen) atoms. The highest BCUT2D eigenvalue weighted by atomic mass is 32.1. The maximum atomic E-state index is 12.3. The zero-order valence-electron chi connectivity index (χ0n) is 12.5. The highest BCUT2D eigenvalue weighted by Crippen LogP contribution is 2.24. The first-order valence-corrected chi connectivity index (χ1v) is 8.04. The van der Waals surface area contributed by atoms with Crippen LogP contribution in [0.1, 0.15) is 18.4 Å². The zero-order chi connectivity index (χ0) is 16.1. The minimum atomic E-state index is -0.205. The summed E-state index contributed by atoms with van der Waals surface area (Å²) in [7, 11) is 0. The first-order valence-electron chi connectivity index (χ1n) is 7.10. The molecule has 0 fully saturated rings. The van der Waals surface area contributed by atoms with Crippen LogP contribution in [0.4, 0.5) is 5.69 Å². The van der Waals surface area contributed by atoms with Crippen LogP contribution in [0.5, 0.6) is 11.8 Å². The van der Waals surface area contributed by atoms with E-state index in [1.165, 1.54) is 0 Å². The molecular weight excluding hydrogens is 310 g/mol. The number of carbonyl (C=O) groups excluding carboxylic acids is 1. The maximum Gasteiger partial charge on any atom is 0.321 e. The number of thiophene rings is 1. The van der Waals surface area contributed by atoms with Crippen molar-refractivity contribution >= 4 is 22.9 Å². The smallest absolute Gasteiger partial charge is 0.321 e. The fraction of sp³-hybridized carbons (Fsp3) is 0.118. The minimum absolute atomic E-state index is 0.0588. The molecule has 6 heteroatoms. The lowest BCUT2D eigenvalue weighted by Crippen LogP contribution is -2.18. The molecule has 1 amide bonds. The van der Waals surface area contributed by atoms with E-state index in [1.54, 1.807) is 41.9 Å². The van der Waals surface area contributed by atoms with E-state index < -0.39 is 0 Å². The second-order valence-electron chi connectivity index (χ2n) is 4.93. The van der Waals surface area contributed by atoms with Crippen molar-refractivity contribution in [3.8, 4) is 11.8 Å². The zero-order valence-corrected chi connectivity index (χ0v) is 13.3. The molecule has 0 aliphatic rings. The molecule has 0 aliphatic carbocycles. The Morgan fingerprint density at radius 3 is 2.78 bits per heavy atom. The first kappa shape index (κ1) is 15.2. The molecule has 0 saturated heterocycles. The van der Waals surface area contributed by atoms with Crippen LogP contribution in [0.2, 0.25) is 0 Å². The molecule has 1 N–H and O–H groups in total. The second kappa shape index (κ2) is 7.02. The van der Waals surface area contributed by atoms with Crippen molar-refractivity contribution in [3.05, 3.63) is 65.1 Å². The van der Waals surface area contributed by atoms with E-state index in [-0.39, 0.29) is 17.8 Å². The number of hydrogen-bond donors (Lipinski definition) is 1. The molecule has 2 aromatic heterocycles. The molecule has 1 aromatic carbocycles. The second-order valence-corrected chi connectivity index (χ2v) is 5.71. The van der Waals surface area contributed by atoms with Crippen molar-refractivity contribution in [2.45, 2.75) is 12.8 Å². The normalized spacial score (nSPS) is 11.7. The Morgan fingerprint density at radius 2 is 2.04 bits per heavy atom. The highest BCUT2D eigenvalue weighted by molar-refractivity contribution is 7.08.